The van der Waals surface area contributed by atoms with Crippen molar-refractivity contribution in [3.05, 3.63) is 46.6 Å². The van der Waals surface area contributed by atoms with Gasteiger partial charge in [0.25, 0.3) is 5.91 Å². The molecule has 25 heavy (non-hydrogen) atoms. The van der Waals surface area contributed by atoms with Gasteiger partial charge in [-0.05, 0) is 38.5 Å². The van der Waals surface area contributed by atoms with Crippen LogP contribution in [0.5, 0.6) is 5.88 Å². The number of aryl methyl sites for hydroxylation is 2. The van der Waals surface area contributed by atoms with Gasteiger partial charge in [0.05, 0.1) is 18.4 Å². The topological polar surface area (TPSA) is 59.4 Å². The van der Waals surface area contributed by atoms with E-state index in [-0.39, 0.29) is 11.9 Å². The molecule has 0 aliphatic heterocycles. The van der Waals surface area contributed by atoms with Crippen LogP contribution in [-0.2, 0) is 20.1 Å². The Morgan fingerprint density at radius 3 is 2.48 bits per heavy atom. The Labute approximate surface area is 149 Å². The third-order valence-corrected chi connectivity index (χ3v) is 4.41. The third kappa shape index (κ3) is 4.39. The quantitative estimate of drug-likeness (QED) is 0.838. The van der Waals surface area contributed by atoms with Gasteiger partial charge in [-0.3, -0.25) is 4.79 Å². The maximum Gasteiger partial charge on any atom is 0.253 e. The van der Waals surface area contributed by atoms with Crippen LogP contribution in [0, 0.1) is 6.92 Å². The summed E-state index contributed by atoms with van der Waals surface area (Å²) in [4.78, 5) is 14.0. The fourth-order valence-electron chi connectivity index (χ4n) is 2.67. The summed E-state index contributed by atoms with van der Waals surface area (Å²) >= 11 is 0. The van der Waals surface area contributed by atoms with E-state index in [2.05, 4.69) is 10.4 Å². The summed E-state index contributed by atoms with van der Waals surface area (Å²) in [5, 5.41) is 7.79. The average Bonchev–Trinajstić information content (AvgIpc) is 2.87. The van der Waals surface area contributed by atoms with Crippen LogP contribution in [0.15, 0.2) is 24.3 Å². The van der Waals surface area contributed by atoms with Gasteiger partial charge in [-0.25, -0.2) is 4.68 Å². The van der Waals surface area contributed by atoms with Crippen molar-refractivity contribution in [2.45, 2.75) is 39.9 Å². The molecule has 1 aromatic carbocycles. The third-order valence-electron chi connectivity index (χ3n) is 4.41. The molecule has 2 rings (SSSR count). The molecule has 1 aromatic heterocycles. The summed E-state index contributed by atoms with van der Waals surface area (Å²) in [5.41, 5.74) is 3.87. The van der Waals surface area contributed by atoms with Crippen LogP contribution >= 0.6 is 0 Å². The molecule has 0 radical (unpaired) electrons. The standard InChI is InChI=1S/C19H28N4O2/c1-13(2)22(4)18(24)16-9-7-15(8-10-16)11-20-12-17-14(3)21-23(5)19(17)25-6/h7-10,13,20H,11-12H2,1-6H3. The van der Waals surface area contributed by atoms with Crippen LogP contribution in [0.25, 0.3) is 0 Å². The molecule has 0 saturated carbocycles. The number of carbonyl (C=O) groups is 1. The summed E-state index contributed by atoms with van der Waals surface area (Å²) < 4.78 is 7.15. The first-order valence-electron chi connectivity index (χ1n) is 8.48. The molecule has 0 bridgehead atoms. The normalized spacial score (nSPS) is 11.0. The second-order valence-electron chi connectivity index (χ2n) is 6.51. The van der Waals surface area contributed by atoms with Gasteiger partial charge in [-0.2, -0.15) is 5.10 Å². The first kappa shape index (κ1) is 19.0. The molecular formula is C19H28N4O2. The highest BCUT2D eigenvalue weighted by molar-refractivity contribution is 5.94. The molecule has 1 N–H and O–H groups in total. The molecule has 6 nitrogen and oxygen atoms in total. The van der Waals surface area contributed by atoms with Crippen LogP contribution < -0.4 is 10.1 Å². The lowest BCUT2D eigenvalue weighted by Gasteiger charge is -2.21. The van der Waals surface area contributed by atoms with Crippen molar-refractivity contribution < 1.29 is 9.53 Å². The molecule has 0 fully saturated rings. The number of benzene rings is 1. The van der Waals surface area contributed by atoms with Gasteiger partial charge >= 0.3 is 0 Å². The smallest absolute Gasteiger partial charge is 0.253 e. The predicted molar refractivity (Wildman–Crippen MR) is 98.7 cm³/mol. The zero-order valence-electron chi connectivity index (χ0n) is 16.0. The maximum absolute atomic E-state index is 12.3. The molecule has 0 spiro atoms. The van der Waals surface area contributed by atoms with Crippen molar-refractivity contribution in [1.82, 2.24) is 20.0 Å². The number of hydrogen-bond donors (Lipinski definition) is 1. The number of amides is 1. The van der Waals surface area contributed by atoms with E-state index in [1.165, 1.54) is 0 Å². The number of rotatable bonds is 7. The van der Waals surface area contributed by atoms with Gasteiger partial charge in [-0.15, -0.1) is 0 Å². The molecular weight excluding hydrogens is 316 g/mol. The summed E-state index contributed by atoms with van der Waals surface area (Å²) in [5.74, 6) is 0.827. The van der Waals surface area contributed by atoms with Gasteiger partial charge in [0.15, 0.2) is 0 Å². The van der Waals surface area contributed by atoms with E-state index in [1.54, 1.807) is 16.7 Å². The van der Waals surface area contributed by atoms with E-state index >= 15 is 0 Å². The second-order valence-corrected chi connectivity index (χ2v) is 6.51. The molecule has 0 atom stereocenters. The molecule has 1 amide bonds. The van der Waals surface area contributed by atoms with Gasteiger partial charge < -0.3 is 15.0 Å². The van der Waals surface area contributed by atoms with Crippen molar-refractivity contribution in [1.29, 1.82) is 0 Å². The lowest BCUT2D eigenvalue weighted by atomic mass is 10.1. The molecule has 0 unspecified atom stereocenters. The second kappa shape index (κ2) is 8.16. The Morgan fingerprint density at radius 1 is 1.28 bits per heavy atom. The maximum atomic E-state index is 12.3. The highest BCUT2D eigenvalue weighted by Gasteiger charge is 2.15. The lowest BCUT2D eigenvalue weighted by Crippen LogP contribution is -2.32. The first-order chi connectivity index (χ1) is 11.8. The summed E-state index contributed by atoms with van der Waals surface area (Å²) in [7, 11) is 5.36. The predicted octanol–water partition coefficient (Wildman–Crippen LogP) is 2.51. The zero-order valence-corrected chi connectivity index (χ0v) is 16.0. The van der Waals surface area contributed by atoms with E-state index in [4.69, 9.17) is 4.74 Å². The van der Waals surface area contributed by atoms with E-state index < -0.39 is 0 Å². The molecule has 6 heteroatoms. The summed E-state index contributed by atoms with van der Waals surface area (Å²) in [6, 6.07) is 7.93. The Bertz CT molecular complexity index is 720. The Balaban J connectivity index is 1.95. The largest absolute Gasteiger partial charge is 0.481 e. The van der Waals surface area contributed by atoms with Gasteiger partial charge in [-0.1, -0.05) is 12.1 Å². The molecule has 1 heterocycles. The fraction of sp³-hybridized carbons (Fsp3) is 0.474. The van der Waals surface area contributed by atoms with Crippen LogP contribution in [0.1, 0.15) is 41.0 Å². The summed E-state index contributed by atoms with van der Waals surface area (Å²) in [6.45, 7) is 7.38. The molecule has 0 saturated heterocycles. The van der Waals surface area contributed by atoms with Crippen LogP contribution in [0.3, 0.4) is 0 Å². The number of ether oxygens (including phenoxy) is 1. The Hall–Kier alpha value is -2.34. The number of hydrogen-bond acceptors (Lipinski definition) is 4. The minimum absolute atomic E-state index is 0.0465. The molecule has 2 aromatic rings. The first-order valence-corrected chi connectivity index (χ1v) is 8.48. The van der Waals surface area contributed by atoms with Crippen LogP contribution in [0.2, 0.25) is 0 Å². The zero-order chi connectivity index (χ0) is 18.6. The van der Waals surface area contributed by atoms with Crippen molar-refractivity contribution in [2.24, 2.45) is 7.05 Å². The number of carbonyl (C=O) groups excluding carboxylic acids is 1. The molecule has 0 aliphatic rings. The fourth-order valence-corrected chi connectivity index (χ4v) is 2.67. The van der Waals surface area contributed by atoms with E-state index in [0.29, 0.717) is 18.7 Å². The minimum atomic E-state index is 0.0465. The Morgan fingerprint density at radius 2 is 1.92 bits per heavy atom. The highest BCUT2D eigenvalue weighted by atomic mass is 16.5. The van der Waals surface area contributed by atoms with Gasteiger partial charge in [0, 0.05) is 38.8 Å². The minimum Gasteiger partial charge on any atom is -0.481 e. The van der Waals surface area contributed by atoms with Gasteiger partial charge in [0.2, 0.25) is 5.88 Å². The van der Waals surface area contributed by atoms with Crippen molar-refractivity contribution in [2.75, 3.05) is 14.2 Å². The van der Waals surface area contributed by atoms with Crippen molar-refractivity contribution >= 4 is 5.91 Å². The molecule has 136 valence electrons. The molecule has 0 aliphatic carbocycles. The van der Waals surface area contributed by atoms with Crippen molar-refractivity contribution in [3.63, 3.8) is 0 Å². The van der Waals surface area contributed by atoms with E-state index in [0.717, 1.165) is 22.7 Å². The number of nitrogens with one attached hydrogen (secondary N) is 1. The lowest BCUT2D eigenvalue weighted by molar-refractivity contribution is 0.0755. The van der Waals surface area contributed by atoms with Gasteiger partial charge in [0.1, 0.15) is 0 Å². The number of nitrogens with zero attached hydrogens (tertiary/aromatic N) is 3. The summed E-state index contributed by atoms with van der Waals surface area (Å²) in [6.07, 6.45) is 0. The highest BCUT2D eigenvalue weighted by Crippen LogP contribution is 2.20. The van der Waals surface area contributed by atoms with Crippen LogP contribution in [0.4, 0.5) is 0 Å². The van der Waals surface area contributed by atoms with E-state index in [9.17, 15) is 4.79 Å². The number of methoxy groups -OCH3 is 1. The van der Waals surface area contributed by atoms with Crippen LogP contribution in [-0.4, -0.2) is 40.8 Å². The van der Waals surface area contributed by atoms with E-state index in [1.807, 2.05) is 59.1 Å². The monoisotopic (exact) mass is 344 g/mol. The average molecular weight is 344 g/mol. The SMILES string of the molecule is COc1c(CNCc2ccc(C(=O)N(C)C(C)C)cc2)c(C)nn1C. The Kier molecular flexibility index (Phi) is 6.20. The number of aromatic nitrogens is 2. The van der Waals surface area contributed by atoms with Crippen molar-refractivity contribution in [3.8, 4) is 5.88 Å².